The van der Waals surface area contributed by atoms with E-state index in [1.165, 1.54) is 13.8 Å². The molecule has 0 aliphatic heterocycles. The van der Waals surface area contributed by atoms with Crippen molar-refractivity contribution >= 4 is 44.9 Å². The molecule has 0 atom stereocenters. The number of nitrogens with zero attached hydrogens (tertiary/aromatic N) is 2. The number of hydrogen-bond acceptors (Lipinski definition) is 6. The average Bonchev–Trinajstić information content (AvgIpc) is 2.67. The van der Waals surface area contributed by atoms with Crippen LogP contribution in [0.2, 0.25) is 10.0 Å². The highest BCUT2D eigenvalue weighted by Gasteiger charge is 2.44. The van der Waals surface area contributed by atoms with Crippen LogP contribution < -0.4 is 0 Å². The van der Waals surface area contributed by atoms with Crippen LogP contribution in [0.4, 0.5) is 5.69 Å². The van der Waals surface area contributed by atoms with E-state index in [-0.39, 0.29) is 23.1 Å². The largest absolute Gasteiger partial charge is 0.465 e. The Morgan fingerprint density at radius 2 is 1.77 bits per heavy atom. The summed E-state index contributed by atoms with van der Waals surface area (Å²) in [5.74, 6) is -0.758. The maximum absolute atomic E-state index is 13.5. The molecule has 0 fully saturated rings. The van der Waals surface area contributed by atoms with E-state index >= 15 is 0 Å². The van der Waals surface area contributed by atoms with Crippen molar-refractivity contribution in [2.45, 2.75) is 37.8 Å². The van der Waals surface area contributed by atoms with Crippen molar-refractivity contribution in [3.8, 4) is 0 Å². The number of halogens is 2. The van der Waals surface area contributed by atoms with E-state index in [1.54, 1.807) is 31.2 Å². The summed E-state index contributed by atoms with van der Waals surface area (Å²) in [6, 6.07) is 9.57. The highest BCUT2D eigenvalue weighted by molar-refractivity contribution is 7.89. The van der Waals surface area contributed by atoms with E-state index in [9.17, 15) is 23.3 Å². The van der Waals surface area contributed by atoms with Crippen molar-refractivity contribution in [1.82, 2.24) is 4.31 Å². The minimum Gasteiger partial charge on any atom is -0.465 e. The molecule has 162 valence electrons. The van der Waals surface area contributed by atoms with Crippen LogP contribution in [-0.2, 0) is 26.1 Å². The van der Waals surface area contributed by atoms with Gasteiger partial charge in [-0.15, -0.1) is 0 Å². The molecule has 0 spiro atoms. The number of carbonyl (C=O) groups is 1. The second-order valence-corrected chi connectivity index (χ2v) is 9.49. The third kappa shape index (κ3) is 5.10. The molecule has 0 saturated heterocycles. The number of nitro groups is 1. The Kier molecular flexibility index (Phi) is 7.46. The molecule has 0 amide bonds. The zero-order valence-electron chi connectivity index (χ0n) is 16.5. The normalized spacial score (nSPS) is 12.1. The lowest BCUT2D eigenvalue weighted by atomic mass is 10.1. The lowest BCUT2D eigenvalue weighted by molar-refractivity contribution is -0.384. The van der Waals surface area contributed by atoms with E-state index in [2.05, 4.69) is 0 Å². The molecule has 2 aromatic carbocycles. The lowest BCUT2D eigenvalue weighted by Crippen LogP contribution is -2.53. The zero-order chi connectivity index (χ0) is 22.7. The summed E-state index contributed by atoms with van der Waals surface area (Å²) in [4.78, 5) is 22.6. The van der Waals surface area contributed by atoms with Crippen LogP contribution in [0.3, 0.4) is 0 Å². The minimum absolute atomic E-state index is 0.0590. The fraction of sp³-hybridized carbons (Fsp3) is 0.316. The summed E-state index contributed by atoms with van der Waals surface area (Å²) < 4.78 is 32.9. The smallest absolute Gasteiger partial charge is 0.327 e. The standard InChI is InChI=1S/C19H20Cl2N2O6S/c1-4-29-18(24)19(2,3)22(12-13-5-7-14(20)8-6-13)30(27,28)15-9-10-16(21)17(11-15)23(25)26/h5-11H,4,12H2,1-3H3. The summed E-state index contributed by atoms with van der Waals surface area (Å²) in [5.41, 5.74) is -1.61. The van der Waals surface area contributed by atoms with E-state index in [4.69, 9.17) is 27.9 Å². The van der Waals surface area contributed by atoms with Gasteiger partial charge in [0, 0.05) is 17.6 Å². The Morgan fingerprint density at radius 3 is 2.30 bits per heavy atom. The van der Waals surface area contributed by atoms with Gasteiger partial charge in [-0.05, 0) is 50.6 Å². The number of rotatable bonds is 8. The first kappa shape index (κ1) is 24.1. The number of sulfonamides is 1. The molecule has 0 bridgehead atoms. The average molecular weight is 475 g/mol. The van der Waals surface area contributed by atoms with Crippen LogP contribution in [0, 0.1) is 10.1 Å². The van der Waals surface area contributed by atoms with Crippen molar-refractivity contribution < 1.29 is 22.9 Å². The fourth-order valence-electron chi connectivity index (χ4n) is 2.67. The Bertz CT molecular complexity index is 1060. The molecule has 0 aromatic heterocycles. The molecule has 0 unspecified atom stereocenters. The van der Waals surface area contributed by atoms with E-state index < -0.39 is 32.1 Å². The molecular weight excluding hydrogens is 455 g/mol. The Hall–Kier alpha value is -2.20. The van der Waals surface area contributed by atoms with E-state index in [0.717, 1.165) is 22.5 Å². The molecule has 0 aliphatic rings. The van der Waals surface area contributed by atoms with Gasteiger partial charge >= 0.3 is 5.97 Å². The Balaban J connectivity index is 2.62. The number of benzene rings is 2. The molecule has 2 rings (SSSR count). The van der Waals surface area contributed by atoms with Crippen LogP contribution in [0.15, 0.2) is 47.4 Å². The maximum atomic E-state index is 13.5. The quantitative estimate of drug-likeness (QED) is 0.318. The lowest BCUT2D eigenvalue weighted by Gasteiger charge is -2.35. The Morgan fingerprint density at radius 1 is 1.17 bits per heavy atom. The first-order valence-corrected chi connectivity index (χ1v) is 11.0. The van der Waals surface area contributed by atoms with Crippen molar-refractivity contribution in [3.05, 3.63) is 68.2 Å². The molecule has 0 saturated carbocycles. The first-order chi connectivity index (χ1) is 13.9. The monoisotopic (exact) mass is 474 g/mol. The predicted molar refractivity (Wildman–Crippen MR) is 113 cm³/mol. The second-order valence-electron chi connectivity index (χ2n) is 6.79. The van der Waals surface area contributed by atoms with Gasteiger partial charge in [-0.25, -0.2) is 8.42 Å². The maximum Gasteiger partial charge on any atom is 0.327 e. The molecule has 0 N–H and O–H groups in total. The van der Waals surface area contributed by atoms with Gasteiger partial charge in [-0.1, -0.05) is 35.3 Å². The summed E-state index contributed by atoms with van der Waals surface area (Å²) in [6.07, 6.45) is 0. The molecule has 30 heavy (non-hydrogen) atoms. The van der Waals surface area contributed by atoms with Crippen LogP contribution >= 0.6 is 23.2 Å². The highest BCUT2D eigenvalue weighted by Crippen LogP contribution is 2.33. The molecule has 2 aromatic rings. The van der Waals surface area contributed by atoms with Crippen molar-refractivity contribution in [2.24, 2.45) is 0 Å². The molecule has 0 radical (unpaired) electrons. The van der Waals surface area contributed by atoms with Crippen molar-refractivity contribution in [1.29, 1.82) is 0 Å². The van der Waals surface area contributed by atoms with Crippen LogP contribution in [-0.4, -0.2) is 35.8 Å². The van der Waals surface area contributed by atoms with Crippen LogP contribution in [0.1, 0.15) is 26.3 Å². The molecule has 0 heterocycles. The number of esters is 1. The van der Waals surface area contributed by atoms with Gasteiger partial charge in [0.15, 0.2) is 0 Å². The molecule has 11 heteroatoms. The number of hydrogen-bond donors (Lipinski definition) is 0. The summed E-state index contributed by atoms with van der Waals surface area (Å²) in [5, 5.41) is 11.5. The summed E-state index contributed by atoms with van der Waals surface area (Å²) in [6.45, 7) is 4.28. The molecule has 8 nitrogen and oxygen atoms in total. The third-order valence-electron chi connectivity index (χ3n) is 4.34. The van der Waals surface area contributed by atoms with Gasteiger partial charge in [-0.3, -0.25) is 14.9 Å². The van der Waals surface area contributed by atoms with Gasteiger partial charge in [0.1, 0.15) is 10.6 Å². The number of nitro benzene ring substituents is 1. The van der Waals surface area contributed by atoms with Crippen molar-refractivity contribution in [3.63, 3.8) is 0 Å². The van der Waals surface area contributed by atoms with E-state index in [0.29, 0.717) is 10.6 Å². The van der Waals surface area contributed by atoms with Crippen LogP contribution in [0.25, 0.3) is 0 Å². The van der Waals surface area contributed by atoms with E-state index in [1.807, 2.05) is 0 Å². The fourth-order valence-corrected chi connectivity index (χ4v) is 4.73. The topological polar surface area (TPSA) is 107 Å². The summed E-state index contributed by atoms with van der Waals surface area (Å²) in [7, 11) is -4.37. The SMILES string of the molecule is CCOC(=O)C(C)(C)N(Cc1ccc(Cl)cc1)S(=O)(=O)c1ccc(Cl)c([N+](=O)[O-])c1. The number of carbonyl (C=O) groups excluding carboxylic acids is 1. The molecule has 0 aliphatic carbocycles. The minimum atomic E-state index is -4.37. The number of ether oxygens (including phenoxy) is 1. The van der Waals surface area contributed by atoms with Gasteiger partial charge < -0.3 is 4.74 Å². The van der Waals surface area contributed by atoms with Gasteiger partial charge in [0.25, 0.3) is 5.69 Å². The first-order valence-electron chi connectivity index (χ1n) is 8.79. The molecular formula is C19H20Cl2N2O6S. The van der Waals surface area contributed by atoms with Gasteiger partial charge in [0.2, 0.25) is 10.0 Å². The van der Waals surface area contributed by atoms with Crippen LogP contribution in [0.5, 0.6) is 0 Å². The predicted octanol–water partition coefficient (Wildman–Crippen LogP) is 4.43. The second kappa shape index (κ2) is 9.30. The van der Waals surface area contributed by atoms with Gasteiger partial charge in [0.05, 0.1) is 16.4 Å². The van der Waals surface area contributed by atoms with Gasteiger partial charge in [-0.2, -0.15) is 4.31 Å². The third-order valence-corrected chi connectivity index (χ3v) is 6.93. The zero-order valence-corrected chi connectivity index (χ0v) is 18.8. The summed E-state index contributed by atoms with van der Waals surface area (Å²) >= 11 is 11.7. The Labute approximate surface area is 184 Å². The van der Waals surface area contributed by atoms with Crippen molar-refractivity contribution in [2.75, 3.05) is 6.61 Å². The highest BCUT2D eigenvalue weighted by atomic mass is 35.5.